The number of nitrogens with zero attached hydrogens (tertiary/aromatic N) is 1. The van der Waals surface area contributed by atoms with E-state index in [0.29, 0.717) is 18.7 Å². The van der Waals surface area contributed by atoms with Gasteiger partial charge >= 0.3 is 11.8 Å². The molecular weight excluding hydrogens is 340 g/mol. The van der Waals surface area contributed by atoms with Crippen molar-refractivity contribution >= 4 is 27.3 Å². The van der Waals surface area contributed by atoms with Crippen molar-refractivity contribution in [1.82, 2.24) is 4.90 Å². The van der Waals surface area contributed by atoms with Gasteiger partial charge in [0.15, 0.2) is 9.84 Å². The van der Waals surface area contributed by atoms with Crippen LogP contribution in [0.25, 0.3) is 0 Å². The van der Waals surface area contributed by atoms with Gasteiger partial charge in [-0.25, -0.2) is 8.42 Å². The molecule has 1 heterocycles. The first kappa shape index (κ1) is 19.4. The van der Waals surface area contributed by atoms with Crippen molar-refractivity contribution in [2.45, 2.75) is 46.1 Å². The van der Waals surface area contributed by atoms with Crippen LogP contribution in [0.4, 0.5) is 5.69 Å². The van der Waals surface area contributed by atoms with E-state index in [9.17, 15) is 18.0 Å². The second-order valence-corrected chi connectivity index (χ2v) is 9.02. The third-order valence-electron chi connectivity index (χ3n) is 4.61. The number of hydrogen-bond acceptors (Lipinski definition) is 4. The van der Waals surface area contributed by atoms with Gasteiger partial charge in [0.05, 0.1) is 11.5 Å². The van der Waals surface area contributed by atoms with Crippen LogP contribution in [0, 0.1) is 6.92 Å². The number of nitrogens with one attached hydrogen (secondary N) is 1. The minimum atomic E-state index is -3.12. The number of benzene rings is 1. The lowest BCUT2D eigenvalue weighted by molar-refractivity contribution is -0.144. The van der Waals surface area contributed by atoms with Crippen LogP contribution in [-0.2, 0) is 19.4 Å². The third-order valence-corrected chi connectivity index (χ3v) is 6.36. The Balaban J connectivity index is 2.19. The molecule has 2 rings (SSSR count). The lowest BCUT2D eigenvalue weighted by Crippen LogP contribution is -2.46. The highest BCUT2D eigenvalue weighted by molar-refractivity contribution is 7.91. The Morgan fingerprint density at radius 1 is 1.32 bits per heavy atom. The summed E-state index contributed by atoms with van der Waals surface area (Å²) in [5.74, 6) is -1.20. The standard InChI is InChI=1S/C18H26N2O4S/c1-5-20(14-9-10-25(23,24)11-14)18(22)17(21)19-16-13(4)7-6-8-15(16)12(2)3/h6-8,12,14H,5,9-11H2,1-4H3,(H,19,21). The van der Waals surface area contributed by atoms with Crippen molar-refractivity contribution in [2.24, 2.45) is 0 Å². The summed E-state index contributed by atoms with van der Waals surface area (Å²) in [5.41, 5.74) is 2.51. The number of rotatable bonds is 4. The first-order valence-corrected chi connectivity index (χ1v) is 10.4. The van der Waals surface area contributed by atoms with Gasteiger partial charge in [-0.3, -0.25) is 9.59 Å². The maximum Gasteiger partial charge on any atom is 0.313 e. The van der Waals surface area contributed by atoms with Crippen LogP contribution in [-0.4, -0.2) is 49.2 Å². The van der Waals surface area contributed by atoms with Gasteiger partial charge in [0, 0.05) is 18.3 Å². The largest absolute Gasteiger partial charge is 0.331 e. The predicted octanol–water partition coefficient (Wildman–Crippen LogP) is 2.09. The quantitative estimate of drug-likeness (QED) is 0.827. The second-order valence-electron chi connectivity index (χ2n) is 6.80. The van der Waals surface area contributed by atoms with Gasteiger partial charge in [-0.2, -0.15) is 0 Å². The average molecular weight is 366 g/mol. The Kier molecular flexibility index (Phi) is 5.87. The van der Waals surface area contributed by atoms with Crippen molar-refractivity contribution in [2.75, 3.05) is 23.4 Å². The lowest BCUT2D eigenvalue weighted by atomic mass is 9.98. The zero-order valence-electron chi connectivity index (χ0n) is 15.2. The van der Waals surface area contributed by atoms with Crippen LogP contribution in [0.2, 0.25) is 0 Å². The molecule has 1 atom stereocenters. The van der Waals surface area contributed by atoms with E-state index in [1.807, 2.05) is 39.0 Å². The Morgan fingerprint density at radius 2 is 2.00 bits per heavy atom. The molecule has 0 spiro atoms. The van der Waals surface area contributed by atoms with Gasteiger partial charge in [-0.15, -0.1) is 0 Å². The summed E-state index contributed by atoms with van der Waals surface area (Å²) in [6.45, 7) is 7.98. The number of likely N-dealkylation sites (N-methyl/N-ethyl adjacent to an activating group) is 1. The zero-order valence-corrected chi connectivity index (χ0v) is 16.0. The molecular formula is C18H26N2O4S. The second kappa shape index (κ2) is 7.56. The number of anilines is 1. The van der Waals surface area contributed by atoms with Gasteiger partial charge < -0.3 is 10.2 Å². The normalized spacial score (nSPS) is 19.0. The maximum atomic E-state index is 12.6. The Morgan fingerprint density at radius 3 is 2.52 bits per heavy atom. The van der Waals surface area contributed by atoms with Gasteiger partial charge in [0.2, 0.25) is 0 Å². The fourth-order valence-corrected chi connectivity index (χ4v) is 4.96. The van der Waals surface area contributed by atoms with Crippen LogP contribution < -0.4 is 5.32 Å². The van der Waals surface area contributed by atoms with E-state index in [-0.39, 0.29) is 17.4 Å². The predicted molar refractivity (Wildman–Crippen MR) is 98.3 cm³/mol. The van der Waals surface area contributed by atoms with E-state index in [1.54, 1.807) is 6.92 Å². The first-order chi connectivity index (χ1) is 11.7. The highest BCUT2D eigenvalue weighted by atomic mass is 32.2. The first-order valence-electron chi connectivity index (χ1n) is 8.58. The molecule has 0 aromatic heterocycles. The molecule has 0 radical (unpaired) electrons. The molecule has 6 nitrogen and oxygen atoms in total. The van der Waals surface area contributed by atoms with E-state index in [4.69, 9.17) is 0 Å². The van der Waals surface area contributed by atoms with E-state index in [2.05, 4.69) is 5.32 Å². The molecule has 25 heavy (non-hydrogen) atoms. The molecule has 2 amide bonds. The van der Waals surface area contributed by atoms with Gasteiger partial charge in [-0.1, -0.05) is 32.0 Å². The van der Waals surface area contributed by atoms with Crippen LogP contribution in [0.1, 0.15) is 44.2 Å². The molecule has 1 aliphatic heterocycles. The molecule has 1 aromatic rings. The van der Waals surface area contributed by atoms with Crippen LogP contribution in [0.15, 0.2) is 18.2 Å². The molecule has 0 bridgehead atoms. The Bertz CT molecular complexity index is 771. The monoisotopic (exact) mass is 366 g/mol. The molecule has 1 unspecified atom stereocenters. The van der Waals surface area contributed by atoms with Crippen molar-refractivity contribution < 1.29 is 18.0 Å². The molecule has 1 N–H and O–H groups in total. The molecule has 0 aliphatic carbocycles. The summed E-state index contributed by atoms with van der Waals surface area (Å²) in [6.07, 6.45) is 0.386. The molecule has 1 saturated heterocycles. The van der Waals surface area contributed by atoms with Crippen molar-refractivity contribution in [1.29, 1.82) is 0 Å². The van der Waals surface area contributed by atoms with Crippen molar-refractivity contribution in [3.63, 3.8) is 0 Å². The smallest absolute Gasteiger partial charge is 0.313 e. The SMILES string of the molecule is CCN(C(=O)C(=O)Nc1c(C)cccc1C(C)C)C1CCS(=O)(=O)C1. The zero-order chi connectivity index (χ0) is 18.8. The highest BCUT2D eigenvalue weighted by Gasteiger charge is 2.36. The Hall–Kier alpha value is -1.89. The summed E-state index contributed by atoms with van der Waals surface area (Å²) in [6, 6.07) is 5.31. The molecule has 7 heteroatoms. The third kappa shape index (κ3) is 4.39. The molecule has 1 aromatic carbocycles. The number of para-hydroxylation sites is 1. The highest BCUT2D eigenvalue weighted by Crippen LogP contribution is 2.27. The minimum Gasteiger partial charge on any atom is -0.331 e. The molecule has 1 aliphatic rings. The number of hydrogen-bond donors (Lipinski definition) is 1. The summed E-state index contributed by atoms with van der Waals surface area (Å²) >= 11 is 0. The van der Waals surface area contributed by atoms with Gasteiger partial charge in [-0.05, 0) is 37.3 Å². The number of sulfone groups is 1. The van der Waals surface area contributed by atoms with Crippen LogP contribution in [0.3, 0.4) is 0 Å². The van der Waals surface area contributed by atoms with E-state index in [0.717, 1.165) is 11.1 Å². The van der Waals surface area contributed by atoms with Gasteiger partial charge in [0.1, 0.15) is 0 Å². The molecule has 1 fully saturated rings. The van der Waals surface area contributed by atoms with Crippen LogP contribution >= 0.6 is 0 Å². The summed E-state index contributed by atoms with van der Waals surface area (Å²) < 4.78 is 23.3. The minimum absolute atomic E-state index is 0.0678. The molecule has 138 valence electrons. The van der Waals surface area contributed by atoms with Crippen molar-refractivity contribution in [3.05, 3.63) is 29.3 Å². The number of carbonyl (C=O) groups is 2. The van der Waals surface area contributed by atoms with E-state index >= 15 is 0 Å². The number of carbonyl (C=O) groups excluding carboxylic acids is 2. The van der Waals surface area contributed by atoms with Crippen LogP contribution in [0.5, 0.6) is 0 Å². The molecule has 0 saturated carbocycles. The fraction of sp³-hybridized carbons (Fsp3) is 0.556. The maximum absolute atomic E-state index is 12.6. The van der Waals surface area contributed by atoms with E-state index < -0.39 is 27.7 Å². The Labute approximate surface area is 149 Å². The van der Waals surface area contributed by atoms with Gasteiger partial charge in [0.25, 0.3) is 0 Å². The summed E-state index contributed by atoms with van der Waals surface area (Å²) in [5, 5.41) is 2.74. The number of aryl methyl sites for hydroxylation is 1. The summed E-state index contributed by atoms with van der Waals surface area (Å²) in [4.78, 5) is 26.5. The average Bonchev–Trinajstić information content (AvgIpc) is 2.89. The number of amides is 2. The lowest BCUT2D eigenvalue weighted by Gasteiger charge is -2.26. The topological polar surface area (TPSA) is 83.6 Å². The van der Waals surface area contributed by atoms with E-state index in [1.165, 1.54) is 4.90 Å². The summed E-state index contributed by atoms with van der Waals surface area (Å²) in [7, 11) is -3.12. The fourth-order valence-electron chi connectivity index (χ4n) is 3.23. The van der Waals surface area contributed by atoms with Crippen molar-refractivity contribution in [3.8, 4) is 0 Å².